The molecule has 0 aliphatic heterocycles. The van der Waals surface area contributed by atoms with E-state index in [0.29, 0.717) is 10.6 Å². The van der Waals surface area contributed by atoms with E-state index >= 15 is 0 Å². The van der Waals surface area contributed by atoms with E-state index in [4.69, 9.17) is 4.52 Å². The summed E-state index contributed by atoms with van der Waals surface area (Å²) in [6, 6.07) is 17.3. The second-order valence-corrected chi connectivity index (χ2v) is 6.88. The minimum absolute atomic E-state index is 0. The first-order valence-electron chi connectivity index (χ1n) is 4.96. The van der Waals surface area contributed by atoms with Gasteiger partial charge in [0.2, 0.25) is 6.80 Å². The largest absolute Gasteiger partial charge is 1.00 e. The molecule has 1 atom stereocenters. The Bertz CT molecular complexity index is 476. The Morgan fingerprint density at radius 3 is 2.00 bits per heavy atom. The zero-order valence-electron chi connectivity index (χ0n) is 9.85. The molecule has 2 aromatic carbocycles. The third-order valence-corrected chi connectivity index (χ3v) is 4.59. The van der Waals surface area contributed by atoms with Crippen molar-refractivity contribution in [3.8, 4) is 5.75 Å². The molecule has 0 radical (unpaired) electrons. The summed E-state index contributed by atoms with van der Waals surface area (Å²) in [7, 11) is 0. The number of benzene rings is 2. The van der Waals surface area contributed by atoms with E-state index < -0.39 is 6.80 Å². The Hall–Kier alpha value is -0.220. The summed E-state index contributed by atoms with van der Waals surface area (Å²) in [6.45, 7) is -3.97. The predicted octanol–water partition coefficient (Wildman–Crippen LogP) is 0.330. The Labute approximate surface area is 132 Å². The summed E-state index contributed by atoms with van der Waals surface area (Å²) in [5, 5.41) is 0. The van der Waals surface area contributed by atoms with Crippen molar-refractivity contribution in [2.45, 2.75) is 4.90 Å². The molecule has 2 aromatic rings. The summed E-state index contributed by atoms with van der Waals surface area (Å²) >= 11 is 0.718. The van der Waals surface area contributed by atoms with E-state index in [1.807, 2.05) is 6.07 Å². The van der Waals surface area contributed by atoms with Crippen LogP contribution in [0.1, 0.15) is 0 Å². The summed E-state index contributed by atoms with van der Waals surface area (Å²) < 4.78 is 16.7. The van der Waals surface area contributed by atoms with E-state index in [-0.39, 0.29) is 29.6 Å². The summed E-state index contributed by atoms with van der Waals surface area (Å²) in [5.74, 6) is 0.328. The average molecular weight is 288 g/mol. The van der Waals surface area contributed by atoms with Crippen LogP contribution in [0.5, 0.6) is 5.75 Å². The Morgan fingerprint density at radius 2 is 1.44 bits per heavy atom. The van der Waals surface area contributed by atoms with Gasteiger partial charge in [-0.25, -0.2) is 0 Å². The number of hydrogen-bond acceptors (Lipinski definition) is 4. The van der Waals surface area contributed by atoms with Crippen molar-refractivity contribution in [2.75, 3.05) is 0 Å². The van der Waals surface area contributed by atoms with E-state index in [1.54, 1.807) is 54.6 Å². The van der Waals surface area contributed by atoms with Crippen LogP contribution in [0, 0.1) is 0 Å². The standard InChI is InChI=1S/C12H11O3PS.Na/c13-16(14,15-11-7-3-1-4-8-11)17-12-9-5-2-6-10-12;/h1-10H,(H,13,14);/q;+1/p-1. The summed E-state index contributed by atoms with van der Waals surface area (Å²) in [4.78, 5) is 12.4. The van der Waals surface area contributed by atoms with Crippen LogP contribution in [0.3, 0.4) is 0 Å². The molecule has 0 spiro atoms. The third-order valence-electron chi connectivity index (χ3n) is 1.92. The zero-order chi connectivity index (χ0) is 12.1. The van der Waals surface area contributed by atoms with Crippen LogP contribution in [0.4, 0.5) is 0 Å². The molecule has 0 aliphatic rings. The van der Waals surface area contributed by atoms with Gasteiger partial charge < -0.3 is 9.42 Å². The fourth-order valence-corrected chi connectivity index (χ4v) is 3.70. The molecule has 0 saturated carbocycles. The molecule has 3 nitrogen and oxygen atoms in total. The molecule has 6 heteroatoms. The van der Waals surface area contributed by atoms with Crippen molar-refractivity contribution in [1.82, 2.24) is 0 Å². The first kappa shape index (κ1) is 15.8. The first-order chi connectivity index (χ1) is 8.16. The van der Waals surface area contributed by atoms with Gasteiger partial charge in [0.05, 0.1) is 0 Å². The summed E-state index contributed by atoms with van der Waals surface area (Å²) in [5.41, 5.74) is 0. The molecule has 0 heterocycles. The van der Waals surface area contributed by atoms with Crippen LogP contribution in [0.15, 0.2) is 65.6 Å². The van der Waals surface area contributed by atoms with Crippen molar-refractivity contribution >= 4 is 18.2 Å². The van der Waals surface area contributed by atoms with Crippen LogP contribution in [-0.2, 0) is 4.57 Å². The molecule has 2 rings (SSSR count). The maximum absolute atomic E-state index is 11.7. The predicted molar refractivity (Wildman–Crippen MR) is 67.0 cm³/mol. The average Bonchev–Trinajstić information content (AvgIpc) is 2.30. The van der Waals surface area contributed by atoms with E-state index in [9.17, 15) is 9.46 Å². The van der Waals surface area contributed by atoms with Gasteiger partial charge in [-0.2, -0.15) is 0 Å². The van der Waals surface area contributed by atoms with Gasteiger partial charge in [-0.05, 0) is 35.6 Å². The normalized spacial score (nSPS) is 13.2. The topological polar surface area (TPSA) is 49.4 Å². The SMILES string of the molecule is O=P([O-])(Oc1ccccc1)Sc1ccccc1.[Na+]. The van der Waals surface area contributed by atoms with Crippen molar-refractivity contribution < 1.29 is 43.5 Å². The Balaban J connectivity index is 0.00000162. The molecule has 0 saturated heterocycles. The quantitative estimate of drug-likeness (QED) is 0.601. The van der Waals surface area contributed by atoms with Crippen molar-refractivity contribution in [3.05, 3.63) is 60.7 Å². The Kier molecular flexibility index (Phi) is 6.50. The van der Waals surface area contributed by atoms with E-state index in [0.717, 1.165) is 11.4 Å². The smallest absolute Gasteiger partial charge is 0.760 e. The zero-order valence-corrected chi connectivity index (χ0v) is 13.6. The first-order valence-corrected chi connectivity index (χ1v) is 7.92. The molecule has 1 unspecified atom stereocenters. The molecule has 0 aromatic heterocycles. The van der Waals surface area contributed by atoms with Crippen LogP contribution in [-0.4, -0.2) is 0 Å². The molecule has 88 valence electrons. The molecule has 0 fully saturated rings. The second kappa shape index (κ2) is 7.39. The van der Waals surface area contributed by atoms with Crippen molar-refractivity contribution in [1.29, 1.82) is 0 Å². The molecular formula is C12H10NaO3PS. The monoisotopic (exact) mass is 288 g/mol. The number of rotatable bonds is 4. The van der Waals surface area contributed by atoms with Crippen LogP contribution < -0.4 is 39.0 Å². The molecule has 18 heavy (non-hydrogen) atoms. The van der Waals surface area contributed by atoms with Crippen LogP contribution in [0.2, 0.25) is 0 Å². The number of para-hydroxylation sites is 1. The fourth-order valence-electron chi connectivity index (χ4n) is 1.24. The molecule has 0 N–H and O–H groups in total. The van der Waals surface area contributed by atoms with Gasteiger partial charge in [-0.3, -0.25) is 4.57 Å². The summed E-state index contributed by atoms with van der Waals surface area (Å²) in [6.07, 6.45) is 0. The van der Waals surface area contributed by atoms with Gasteiger partial charge in [0.15, 0.2) is 0 Å². The van der Waals surface area contributed by atoms with E-state index in [2.05, 4.69) is 0 Å². The fraction of sp³-hybridized carbons (Fsp3) is 0. The van der Waals surface area contributed by atoms with Gasteiger partial charge in [0.1, 0.15) is 5.75 Å². The molecule has 0 bridgehead atoms. The maximum Gasteiger partial charge on any atom is 1.00 e. The molecule has 0 amide bonds. The van der Waals surface area contributed by atoms with Gasteiger partial charge in [-0.1, -0.05) is 36.4 Å². The van der Waals surface area contributed by atoms with Crippen LogP contribution >= 0.6 is 18.2 Å². The Morgan fingerprint density at radius 1 is 0.944 bits per heavy atom. The minimum Gasteiger partial charge on any atom is -0.760 e. The van der Waals surface area contributed by atoms with Crippen molar-refractivity contribution in [3.63, 3.8) is 0 Å². The maximum atomic E-state index is 11.7. The molecule has 0 aliphatic carbocycles. The molecular weight excluding hydrogens is 278 g/mol. The van der Waals surface area contributed by atoms with Gasteiger partial charge in [0, 0.05) is 4.90 Å². The van der Waals surface area contributed by atoms with Crippen LogP contribution in [0.25, 0.3) is 0 Å². The van der Waals surface area contributed by atoms with E-state index in [1.165, 1.54) is 0 Å². The van der Waals surface area contributed by atoms with Gasteiger partial charge >= 0.3 is 29.6 Å². The second-order valence-electron chi connectivity index (χ2n) is 3.26. The van der Waals surface area contributed by atoms with Crippen molar-refractivity contribution in [2.24, 2.45) is 0 Å². The van der Waals surface area contributed by atoms with Gasteiger partial charge in [0.25, 0.3) is 0 Å². The third kappa shape index (κ3) is 5.19. The van der Waals surface area contributed by atoms with Gasteiger partial charge in [-0.15, -0.1) is 0 Å². The number of hydrogen-bond donors (Lipinski definition) is 0. The minimum atomic E-state index is -3.97.